The van der Waals surface area contributed by atoms with E-state index in [1.807, 2.05) is 0 Å². The van der Waals surface area contributed by atoms with Gasteiger partial charge >= 0.3 is 0 Å². The molecule has 0 saturated heterocycles. The van der Waals surface area contributed by atoms with Crippen LogP contribution in [0.2, 0.25) is 0 Å². The van der Waals surface area contributed by atoms with Crippen LogP contribution in [-0.2, 0) is 4.79 Å². The molecule has 0 saturated carbocycles. The van der Waals surface area contributed by atoms with Crippen LogP contribution in [0.5, 0.6) is 0 Å². The van der Waals surface area contributed by atoms with E-state index < -0.39 is 0 Å². The molecule has 46 valence electrons. The van der Waals surface area contributed by atoms with Crippen molar-refractivity contribution in [2.45, 2.75) is 0 Å². The number of nitrogens with one attached hydrogen (secondary N) is 1. The Morgan fingerprint density at radius 1 is 1.89 bits per heavy atom. The standard InChI is InChI=1S/C6H6N2O/c1-5(3-9)6-2-7-4-8-6/h2-4H,1H2,(H,7,8). The Morgan fingerprint density at radius 2 is 2.67 bits per heavy atom. The molecule has 0 radical (unpaired) electrons. The Bertz CT molecular complexity index is 213. The number of rotatable bonds is 2. The van der Waals surface area contributed by atoms with E-state index in [-0.39, 0.29) is 0 Å². The summed E-state index contributed by atoms with van der Waals surface area (Å²) in [5, 5.41) is 0. The van der Waals surface area contributed by atoms with Crippen LogP contribution in [0.15, 0.2) is 19.1 Å². The van der Waals surface area contributed by atoms with E-state index in [1.165, 1.54) is 6.33 Å². The summed E-state index contributed by atoms with van der Waals surface area (Å²) in [5.74, 6) is 0. The molecule has 0 aromatic carbocycles. The molecule has 0 atom stereocenters. The molecule has 1 heterocycles. The number of carbonyl (C=O) groups excluding carboxylic acids is 1. The molecule has 0 aliphatic carbocycles. The number of allylic oxidation sites excluding steroid dienone is 1. The molecule has 1 rings (SSSR count). The largest absolute Gasteiger partial charge is 0.345 e. The maximum absolute atomic E-state index is 10.1. The van der Waals surface area contributed by atoms with Gasteiger partial charge < -0.3 is 4.98 Å². The highest BCUT2D eigenvalue weighted by molar-refractivity contribution is 6.04. The molecule has 9 heavy (non-hydrogen) atoms. The zero-order valence-electron chi connectivity index (χ0n) is 4.79. The average molecular weight is 122 g/mol. The van der Waals surface area contributed by atoms with E-state index in [2.05, 4.69) is 16.5 Å². The molecule has 0 fully saturated rings. The minimum absolute atomic E-state index is 0.424. The lowest BCUT2D eigenvalue weighted by atomic mass is 10.3. The number of aromatic amines is 1. The molecular formula is C6H6N2O. The Kier molecular flexibility index (Phi) is 1.44. The van der Waals surface area contributed by atoms with Crippen molar-refractivity contribution in [1.29, 1.82) is 0 Å². The molecule has 0 spiro atoms. The van der Waals surface area contributed by atoms with E-state index in [0.717, 1.165) is 0 Å². The normalized spacial score (nSPS) is 8.89. The van der Waals surface area contributed by atoms with Crippen molar-refractivity contribution >= 4 is 11.9 Å². The number of hydrogen-bond acceptors (Lipinski definition) is 2. The van der Waals surface area contributed by atoms with Crippen molar-refractivity contribution in [3.8, 4) is 0 Å². The van der Waals surface area contributed by atoms with E-state index in [9.17, 15) is 4.79 Å². The highest BCUT2D eigenvalue weighted by atomic mass is 16.1. The first-order chi connectivity index (χ1) is 4.34. The lowest BCUT2D eigenvalue weighted by Crippen LogP contribution is -1.80. The third-order valence-electron chi connectivity index (χ3n) is 0.986. The summed E-state index contributed by atoms with van der Waals surface area (Å²) >= 11 is 0. The minimum atomic E-state index is 0.424. The van der Waals surface area contributed by atoms with Crippen molar-refractivity contribution < 1.29 is 4.79 Å². The van der Waals surface area contributed by atoms with Crippen molar-refractivity contribution in [2.24, 2.45) is 0 Å². The van der Waals surface area contributed by atoms with Crippen molar-refractivity contribution in [3.05, 3.63) is 24.8 Å². The Labute approximate surface area is 52.4 Å². The smallest absolute Gasteiger partial charge is 0.151 e. The molecule has 3 heteroatoms. The fraction of sp³-hybridized carbons (Fsp3) is 0. The van der Waals surface area contributed by atoms with E-state index in [0.29, 0.717) is 17.6 Å². The van der Waals surface area contributed by atoms with Crippen LogP contribution < -0.4 is 0 Å². The van der Waals surface area contributed by atoms with Gasteiger partial charge in [-0.05, 0) is 0 Å². The topological polar surface area (TPSA) is 45.8 Å². The molecule has 0 aliphatic rings. The van der Waals surface area contributed by atoms with E-state index in [4.69, 9.17) is 0 Å². The van der Waals surface area contributed by atoms with Gasteiger partial charge in [-0.2, -0.15) is 0 Å². The molecule has 3 nitrogen and oxygen atoms in total. The fourth-order valence-corrected chi connectivity index (χ4v) is 0.495. The number of nitrogens with zero attached hydrogens (tertiary/aromatic N) is 1. The van der Waals surface area contributed by atoms with Crippen LogP contribution >= 0.6 is 0 Å². The molecule has 0 amide bonds. The van der Waals surface area contributed by atoms with Gasteiger partial charge in [-0.25, -0.2) is 4.98 Å². The molecule has 1 aromatic rings. The summed E-state index contributed by atoms with van der Waals surface area (Å²) in [6.45, 7) is 3.48. The summed E-state index contributed by atoms with van der Waals surface area (Å²) in [7, 11) is 0. The van der Waals surface area contributed by atoms with E-state index in [1.54, 1.807) is 6.20 Å². The number of H-pyrrole nitrogens is 1. The summed E-state index contributed by atoms with van der Waals surface area (Å²) < 4.78 is 0. The molecule has 0 bridgehead atoms. The monoisotopic (exact) mass is 122 g/mol. The summed E-state index contributed by atoms with van der Waals surface area (Å²) in [4.78, 5) is 16.5. The fourth-order valence-electron chi connectivity index (χ4n) is 0.495. The molecule has 0 unspecified atom stereocenters. The third-order valence-corrected chi connectivity index (χ3v) is 0.986. The minimum Gasteiger partial charge on any atom is -0.345 e. The first-order valence-electron chi connectivity index (χ1n) is 2.47. The van der Waals surface area contributed by atoms with E-state index >= 15 is 0 Å². The highest BCUT2D eigenvalue weighted by Crippen LogP contribution is 2.01. The van der Waals surface area contributed by atoms with Gasteiger partial charge in [0.2, 0.25) is 0 Å². The second kappa shape index (κ2) is 2.26. The quantitative estimate of drug-likeness (QED) is 0.461. The lowest BCUT2D eigenvalue weighted by molar-refractivity contribution is -0.103. The zero-order chi connectivity index (χ0) is 6.69. The predicted molar refractivity (Wildman–Crippen MR) is 33.7 cm³/mol. The number of hydrogen-bond donors (Lipinski definition) is 1. The van der Waals surface area contributed by atoms with Gasteiger partial charge in [0, 0.05) is 5.57 Å². The van der Waals surface area contributed by atoms with Gasteiger partial charge in [-0.3, -0.25) is 4.79 Å². The van der Waals surface area contributed by atoms with Crippen LogP contribution in [0, 0.1) is 0 Å². The molecule has 1 N–H and O–H groups in total. The first-order valence-corrected chi connectivity index (χ1v) is 2.47. The van der Waals surface area contributed by atoms with Gasteiger partial charge in [-0.1, -0.05) is 6.58 Å². The average Bonchev–Trinajstić information content (AvgIpc) is 2.37. The second-order valence-electron chi connectivity index (χ2n) is 1.61. The number of aldehydes is 1. The Hall–Kier alpha value is -1.38. The highest BCUT2D eigenvalue weighted by Gasteiger charge is 1.94. The molecular weight excluding hydrogens is 116 g/mol. The molecule has 0 aliphatic heterocycles. The van der Waals surface area contributed by atoms with Gasteiger partial charge in [-0.15, -0.1) is 0 Å². The summed E-state index contributed by atoms with van der Waals surface area (Å²) in [6.07, 6.45) is 3.74. The Balaban J connectivity index is 2.89. The van der Waals surface area contributed by atoms with Crippen LogP contribution in [-0.4, -0.2) is 16.3 Å². The number of aromatic nitrogens is 2. The van der Waals surface area contributed by atoms with Gasteiger partial charge in [0.25, 0.3) is 0 Å². The Morgan fingerprint density at radius 3 is 3.11 bits per heavy atom. The van der Waals surface area contributed by atoms with Crippen molar-refractivity contribution in [3.63, 3.8) is 0 Å². The molecule has 1 aromatic heterocycles. The van der Waals surface area contributed by atoms with Crippen molar-refractivity contribution in [1.82, 2.24) is 9.97 Å². The van der Waals surface area contributed by atoms with Crippen LogP contribution in [0.3, 0.4) is 0 Å². The SMILES string of the molecule is C=C(C=O)c1cnc[nH]1. The van der Waals surface area contributed by atoms with Crippen LogP contribution in [0.25, 0.3) is 5.57 Å². The van der Waals surface area contributed by atoms with Crippen LogP contribution in [0.1, 0.15) is 5.69 Å². The lowest BCUT2D eigenvalue weighted by Gasteiger charge is -1.85. The maximum atomic E-state index is 10.1. The summed E-state index contributed by atoms with van der Waals surface area (Å²) in [6, 6.07) is 0. The predicted octanol–water partition coefficient (Wildman–Crippen LogP) is 0.622. The second-order valence-corrected chi connectivity index (χ2v) is 1.61. The summed E-state index contributed by atoms with van der Waals surface area (Å²) in [5.41, 5.74) is 1.09. The number of imidazole rings is 1. The number of carbonyl (C=O) groups is 1. The third kappa shape index (κ3) is 1.05. The maximum Gasteiger partial charge on any atom is 0.151 e. The van der Waals surface area contributed by atoms with Crippen molar-refractivity contribution in [2.75, 3.05) is 0 Å². The van der Waals surface area contributed by atoms with Gasteiger partial charge in [0.05, 0.1) is 18.2 Å². The van der Waals surface area contributed by atoms with Crippen LogP contribution in [0.4, 0.5) is 0 Å². The van der Waals surface area contributed by atoms with Gasteiger partial charge in [0.1, 0.15) is 0 Å². The van der Waals surface area contributed by atoms with Gasteiger partial charge in [0.15, 0.2) is 6.29 Å². The zero-order valence-corrected chi connectivity index (χ0v) is 4.79. The first kappa shape index (κ1) is 5.75.